The molecule has 1 radical (unpaired) electrons. The number of hydrogen-bond donors (Lipinski definition) is 3. The molecular formula is C6H9BN3O. The van der Waals surface area contributed by atoms with E-state index in [4.69, 9.17) is 5.02 Å². The van der Waals surface area contributed by atoms with Gasteiger partial charge in [0, 0.05) is 7.05 Å². The second-order valence-electron chi connectivity index (χ2n) is 1.96. The van der Waals surface area contributed by atoms with Crippen LogP contribution < -0.4 is 10.5 Å². The highest BCUT2D eigenvalue weighted by Gasteiger charge is 1.92. The number of nitrogens with one attached hydrogen (secondary N) is 2. The number of anilines is 2. The van der Waals surface area contributed by atoms with Gasteiger partial charge in [0.25, 0.3) is 0 Å². The van der Waals surface area contributed by atoms with E-state index < -0.39 is 0 Å². The molecule has 0 aliphatic heterocycles. The maximum absolute atomic E-state index is 8.35. The standard InChI is InChI=1S/C6H9BN3O/c1-8-5-2-3-6(9-4-5)10-7-11/h2-4,8,11H,1H3,(H,9,10). The predicted octanol–water partition coefficient (Wildman–Crippen LogP) is 0.0617. The van der Waals surface area contributed by atoms with Crippen molar-refractivity contribution in [3.63, 3.8) is 0 Å². The Morgan fingerprint density at radius 1 is 1.55 bits per heavy atom. The normalized spacial score (nSPS) is 8.91. The van der Waals surface area contributed by atoms with Crippen LogP contribution in [-0.2, 0) is 0 Å². The van der Waals surface area contributed by atoms with Gasteiger partial charge in [0.05, 0.1) is 11.9 Å². The van der Waals surface area contributed by atoms with Crippen molar-refractivity contribution in [1.82, 2.24) is 4.98 Å². The molecule has 1 rings (SSSR count). The number of rotatable bonds is 3. The molecule has 11 heavy (non-hydrogen) atoms. The zero-order valence-corrected chi connectivity index (χ0v) is 6.20. The molecule has 0 aromatic carbocycles. The Morgan fingerprint density at radius 3 is 2.82 bits per heavy atom. The minimum atomic E-state index is 0.617. The Hall–Kier alpha value is -1.23. The Labute approximate surface area is 66.0 Å². The van der Waals surface area contributed by atoms with Crippen LogP contribution in [0.4, 0.5) is 11.5 Å². The van der Waals surface area contributed by atoms with Crippen LogP contribution in [0.3, 0.4) is 0 Å². The second kappa shape index (κ2) is 3.83. The van der Waals surface area contributed by atoms with Gasteiger partial charge in [-0.15, -0.1) is 0 Å². The van der Waals surface area contributed by atoms with Crippen molar-refractivity contribution in [2.45, 2.75) is 0 Å². The number of pyridine rings is 1. The average Bonchev–Trinajstić information content (AvgIpc) is 2.07. The molecule has 0 spiro atoms. The second-order valence-corrected chi connectivity index (χ2v) is 1.96. The van der Waals surface area contributed by atoms with Crippen molar-refractivity contribution in [3.8, 4) is 0 Å². The van der Waals surface area contributed by atoms with Crippen molar-refractivity contribution in [1.29, 1.82) is 0 Å². The van der Waals surface area contributed by atoms with E-state index in [0.717, 1.165) is 13.3 Å². The van der Waals surface area contributed by atoms with Crippen LogP contribution in [0.25, 0.3) is 0 Å². The van der Waals surface area contributed by atoms with Crippen molar-refractivity contribution < 1.29 is 5.02 Å². The summed E-state index contributed by atoms with van der Waals surface area (Å²) in [6.07, 6.45) is 1.67. The number of aromatic nitrogens is 1. The third kappa shape index (κ3) is 2.12. The molecule has 0 aliphatic carbocycles. The molecule has 0 unspecified atom stereocenters. The van der Waals surface area contributed by atoms with Gasteiger partial charge in [0.1, 0.15) is 5.82 Å². The van der Waals surface area contributed by atoms with Gasteiger partial charge in [0.2, 0.25) is 0 Å². The topological polar surface area (TPSA) is 57.2 Å². The summed E-state index contributed by atoms with van der Waals surface area (Å²) in [5.74, 6) is 0.617. The summed E-state index contributed by atoms with van der Waals surface area (Å²) in [4.78, 5) is 3.97. The summed E-state index contributed by atoms with van der Waals surface area (Å²) in [7, 11) is 2.67. The molecule has 1 aromatic heterocycles. The van der Waals surface area contributed by atoms with Gasteiger partial charge in [-0.3, -0.25) is 0 Å². The van der Waals surface area contributed by atoms with Crippen LogP contribution in [0.2, 0.25) is 0 Å². The van der Waals surface area contributed by atoms with E-state index in [1.165, 1.54) is 0 Å². The minimum Gasteiger partial charge on any atom is -0.435 e. The first-order valence-corrected chi connectivity index (χ1v) is 3.23. The van der Waals surface area contributed by atoms with Gasteiger partial charge >= 0.3 is 7.62 Å². The fraction of sp³-hybridized carbons (Fsp3) is 0.167. The molecule has 0 bridgehead atoms. The molecule has 0 amide bonds. The minimum absolute atomic E-state index is 0.617. The van der Waals surface area contributed by atoms with Crippen LogP contribution in [-0.4, -0.2) is 24.7 Å². The highest BCUT2D eigenvalue weighted by atomic mass is 16.2. The quantitative estimate of drug-likeness (QED) is 0.533. The van der Waals surface area contributed by atoms with Crippen LogP contribution in [0.5, 0.6) is 0 Å². The molecule has 0 fully saturated rings. The Bertz CT molecular complexity index is 214. The van der Waals surface area contributed by atoms with E-state index in [0.29, 0.717) is 5.82 Å². The average molecular weight is 150 g/mol. The highest BCUT2D eigenvalue weighted by molar-refractivity contribution is 6.30. The Balaban J connectivity index is 2.66. The predicted molar refractivity (Wildman–Crippen MR) is 45.4 cm³/mol. The van der Waals surface area contributed by atoms with Crippen molar-refractivity contribution in [2.24, 2.45) is 0 Å². The molecule has 57 valence electrons. The first kappa shape index (κ1) is 7.88. The first-order chi connectivity index (χ1) is 5.36. The summed E-state index contributed by atoms with van der Waals surface area (Å²) in [6, 6.07) is 3.62. The van der Waals surface area contributed by atoms with Gasteiger partial charge in [-0.25, -0.2) is 4.98 Å². The van der Waals surface area contributed by atoms with Gasteiger partial charge in [-0.1, -0.05) is 0 Å². The molecule has 4 nitrogen and oxygen atoms in total. The molecule has 3 N–H and O–H groups in total. The maximum atomic E-state index is 8.35. The van der Waals surface area contributed by atoms with Gasteiger partial charge in [-0.05, 0) is 12.1 Å². The van der Waals surface area contributed by atoms with Crippen LogP contribution in [0.15, 0.2) is 18.3 Å². The third-order valence-corrected chi connectivity index (χ3v) is 1.26. The van der Waals surface area contributed by atoms with Crippen LogP contribution in [0, 0.1) is 0 Å². The monoisotopic (exact) mass is 150 g/mol. The molecule has 0 saturated heterocycles. The lowest BCUT2D eigenvalue weighted by Gasteiger charge is -2.01. The fourth-order valence-electron chi connectivity index (χ4n) is 0.693. The molecule has 1 aromatic rings. The van der Waals surface area contributed by atoms with E-state index in [-0.39, 0.29) is 0 Å². The summed E-state index contributed by atoms with van der Waals surface area (Å²) in [5, 5.41) is 13.8. The summed E-state index contributed by atoms with van der Waals surface area (Å²) < 4.78 is 0. The Kier molecular flexibility index (Phi) is 2.74. The zero-order valence-electron chi connectivity index (χ0n) is 6.20. The lowest BCUT2D eigenvalue weighted by Crippen LogP contribution is -2.05. The smallest absolute Gasteiger partial charge is 0.434 e. The Morgan fingerprint density at radius 2 is 2.36 bits per heavy atom. The van der Waals surface area contributed by atoms with Gasteiger partial charge < -0.3 is 15.6 Å². The lowest BCUT2D eigenvalue weighted by atomic mass is 10.3. The van der Waals surface area contributed by atoms with Crippen LogP contribution in [0.1, 0.15) is 0 Å². The fourth-order valence-corrected chi connectivity index (χ4v) is 0.693. The highest BCUT2D eigenvalue weighted by Crippen LogP contribution is 2.07. The lowest BCUT2D eigenvalue weighted by molar-refractivity contribution is 0.609. The molecule has 1 heterocycles. The zero-order chi connectivity index (χ0) is 8.10. The summed E-state index contributed by atoms with van der Waals surface area (Å²) in [6.45, 7) is 0. The van der Waals surface area contributed by atoms with E-state index in [9.17, 15) is 0 Å². The largest absolute Gasteiger partial charge is 0.435 e. The van der Waals surface area contributed by atoms with Gasteiger partial charge in [0.15, 0.2) is 0 Å². The summed E-state index contributed by atoms with van der Waals surface area (Å²) >= 11 is 0. The molecule has 5 heteroatoms. The molecular weight excluding hydrogens is 141 g/mol. The summed E-state index contributed by atoms with van der Waals surface area (Å²) in [5.41, 5.74) is 0.938. The van der Waals surface area contributed by atoms with Crippen molar-refractivity contribution >= 4 is 19.1 Å². The van der Waals surface area contributed by atoms with E-state index in [1.807, 2.05) is 13.1 Å². The van der Waals surface area contributed by atoms with E-state index >= 15 is 0 Å². The van der Waals surface area contributed by atoms with Crippen molar-refractivity contribution in [3.05, 3.63) is 18.3 Å². The maximum Gasteiger partial charge on any atom is 0.434 e. The molecule has 0 atom stereocenters. The third-order valence-electron chi connectivity index (χ3n) is 1.26. The number of nitrogens with zero attached hydrogens (tertiary/aromatic N) is 1. The first-order valence-electron chi connectivity index (χ1n) is 3.23. The van der Waals surface area contributed by atoms with Crippen LogP contribution >= 0.6 is 0 Å². The molecule has 0 aliphatic rings. The van der Waals surface area contributed by atoms with E-state index in [1.54, 1.807) is 12.3 Å². The SMILES string of the molecule is CNc1ccc(N[B]O)nc1. The van der Waals surface area contributed by atoms with Gasteiger partial charge in [-0.2, -0.15) is 0 Å². The number of hydrogen-bond acceptors (Lipinski definition) is 4. The molecule has 0 saturated carbocycles. The van der Waals surface area contributed by atoms with Crippen molar-refractivity contribution in [2.75, 3.05) is 17.6 Å². The van der Waals surface area contributed by atoms with E-state index in [2.05, 4.69) is 15.5 Å².